The Morgan fingerprint density at radius 3 is 2.62 bits per heavy atom. The second-order valence-corrected chi connectivity index (χ2v) is 7.01. The smallest absolute Gasteiger partial charge is 0.213 e. The number of hydrogen-bond donors (Lipinski definition) is 1. The summed E-state index contributed by atoms with van der Waals surface area (Å²) >= 11 is 12.2. The maximum atomic E-state index is 6.25. The molecule has 1 heterocycles. The van der Waals surface area contributed by atoms with Crippen LogP contribution in [0.1, 0.15) is 11.1 Å². The van der Waals surface area contributed by atoms with Crippen LogP contribution in [0.4, 0.5) is 0 Å². The molecule has 0 bridgehead atoms. The van der Waals surface area contributed by atoms with Crippen molar-refractivity contribution in [1.29, 1.82) is 0 Å². The fraction of sp³-hybridized carbons (Fsp3) is 0.227. The number of para-hydroxylation sites is 1. The molecule has 152 valence electrons. The third kappa shape index (κ3) is 6.26. The first kappa shape index (κ1) is 21.2. The molecule has 3 rings (SSSR count). The molecule has 0 atom stereocenters. The molecule has 0 saturated carbocycles. The SMILES string of the molecule is COc1cccc(CNCCOc2ccccn2)c1OCc1ccc(Cl)cc1Cl. The molecule has 2 aromatic carbocycles. The predicted octanol–water partition coefficient (Wildman–Crippen LogP) is 5.14. The summed E-state index contributed by atoms with van der Waals surface area (Å²) in [4.78, 5) is 4.13. The Kier molecular flexibility index (Phi) is 7.99. The molecular formula is C22H22Cl2N2O3. The van der Waals surface area contributed by atoms with Gasteiger partial charge in [-0.3, -0.25) is 0 Å². The second kappa shape index (κ2) is 10.9. The molecule has 0 fully saturated rings. The first-order valence-corrected chi connectivity index (χ1v) is 9.90. The average Bonchev–Trinajstić information content (AvgIpc) is 2.74. The Hall–Kier alpha value is -2.47. The summed E-state index contributed by atoms with van der Waals surface area (Å²) in [6.07, 6.45) is 1.70. The minimum Gasteiger partial charge on any atom is -0.493 e. The van der Waals surface area contributed by atoms with Gasteiger partial charge >= 0.3 is 0 Å². The molecule has 3 aromatic rings. The highest BCUT2D eigenvalue weighted by Gasteiger charge is 2.12. The van der Waals surface area contributed by atoms with Crippen molar-refractivity contribution in [1.82, 2.24) is 10.3 Å². The van der Waals surface area contributed by atoms with Gasteiger partial charge in [0.25, 0.3) is 0 Å². The largest absolute Gasteiger partial charge is 0.493 e. The van der Waals surface area contributed by atoms with Crippen molar-refractivity contribution in [2.75, 3.05) is 20.3 Å². The molecular weight excluding hydrogens is 411 g/mol. The first-order chi connectivity index (χ1) is 14.2. The number of nitrogens with zero attached hydrogens (tertiary/aromatic N) is 1. The average molecular weight is 433 g/mol. The minimum atomic E-state index is 0.312. The third-order valence-electron chi connectivity index (χ3n) is 4.15. The van der Waals surface area contributed by atoms with E-state index in [0.717, 1.165) is 11.1 Å². The number of hydrogen-bond acceptors (Lipinski definition) is 5. The van der Waals surface area contributed by atoms with E-state index in [-0.39, 0.29) is 0 Å². The fourth-order valence-electron chi connectivity index (χ4n) is 2.70. The van der Waals surface area contributed by atoms with Gasteiger partial charge in [-0.2, -0.15) is 0 Å². The zero-order chi connectivity index (χ0) is 20.5. The van der Waals surface area contributed by atoms with Crippen LogP contribution in [0.15, 0.2) is 60.8 Å². The van der Waals surface area contributed by atoms with Crippen LogP contribution in [0, 0.1) is 0 Å². The number of ether oxygens (including phenoxy) is 3. The maximum Gasteiger partial charge on any atom is 0.213 e. The number of aromatic nitrogens is 1. The molecule has 0 unspecified atom stereocenters. The summed E-state index contributed by atoms with van der Waals surface area (Å²) in [6.45, 7) is 2.09. The lowest BCUT2D eigenvalue weighted by Gasteiger charge is -2.16. The van der Waals surface area contributed by atoms with E-state index in [1.54, 1.807) is 25.4 Å². The quantitative estimate of drug-likeness (QED) is 0.449. The summed E-state index contributed by atoms with van der Waals surface area (Å²) in [6, 6.07) is 16.7. The van der Waals surface area contributed by atoms with Gasteiger partial charge in [-0.05, 0) is 24.3 Å². The van der Waals surface area contributed by atoms with E-state index < -0.39 is 0 Å². The number of pyridine rings is 1. The van der Waals surface area contributed by atoms with Crippen molar-refractivity contribution in [3.8, 4) is 17.4 Å². The van der Waals surface area contributed by atoms with Crippen molar-refractivity contribution < 1.29 is 14.2 Å². The van der Waals surface area contributed by atoms with Gasteiger partial charge in [-0.25, -0.2) is 4.98 Å². The monoisotopic (exact) mass is 432 g/mol. The van der Waals surface area contributed by atoms with E-state index in [4.69, 9.17) is 37.4 Å². The number of methoxy groups -OCH3 is 1. The van der Waals surface area contributed by atoms with E-state index in [2.05, 4.69) is 10.3 Å². The molecule has 5 nitrogen and oxygen atoms in total. The van der Waals surface area contributed by atoms with Gasteiger partial charge in [0.05, 0.1) is 7.11 Å². The van der Waals surface area contributed by atoms with Gasteiger partial charge in [0.2, 0.25) is 5.88 Å². The molecule has 0 aliphatic carbocycles. The Labute approximate surface area is 180 Å². The van der Waals surface area contributed by atoms with Crippen molar-refractivity contribution in [3.05, 3.63) is 82.0 Å². The summed E-state index contributed by atoms with van der Waals surface area (Å²) in [5.41, 5.74) is 1.83. The molecule has 29 heavy (non-hydrogen) atoms. The Bertz CT molecular complexity index is 923. The van der Waals surface area contributed by atoms with E-state index in [1.165, 1.54) is 0 Å². The lowest BCUT2D eigenvalue weighted by Crippen LogP contribution is -2.21. The van der Waals surface area contributed by atoms with Crippen LogP contribution in [-0.4, -0.2) is 25.2 Å². The zero-order valence-corrected chi connectivity index (χ0v) is 17.5. The maximum absolute atomic E-state index is 6.25. The van der Waals surface area contributed by atoms with Gasteiger partial charge in [0, 0.05) is 46.5 Å². The van der Waals surface area contributed by atoms with Gasteiger partial charge in [0.1, 0.15) is 13.2 Å². The molecule has 0 spiro atoms. The van der Waals surface area contributed by atoms with E-state index >= 15 is 0 Å². The van der Waals surface area contributed by atoms with Crippen LogP contribution >= 0.6 is 23.2 Å². The Balaban J connectivity index is 1.58. The molecule has 0 aliphatic heterocycles. The molecule has 0 amide bonds. The Morgan fingerprint density at radius 2 is 1.86 bits per heavy atom. The molecule has 1 aromatic heterocycles. The van der Waals surface area contributed by atoms with Crippen LogP contribution in [0.2, 0.25) is 10.0 Å². The standard InChI is InChI=1S/C22H22Cl2N2O3/c1-27-20-6-4-5-16(14-25-11-12-28-21-7-2-3-10-26-21)22(20)29-15-17-8-9-18(23)13-19(17)24/h2-10,13,25H,11-12,14-15H2,1H3. The lowest BCUT2D eigenvalue weighted by atomic mass is 10.1. The minimum absolute atomic E-state index is 0.312. The van der Waals surface area contributed by atoms with E-state index in [1.807, 2.05) is 42.5 Å². The van der Waals surface area contributed by atoms with Crippen LogP contribution in [-0.2, 0) is 13.2 Å². The first-order valence-electron chi connectivity index (χ1n) is 9.14. The van der Waals surface area contributed by atoms with Crippen LogP contribution in [0.3, 0.4) is 0 Å². The highest BCUT2D eigenvalue weighted by atomic mass is 35.5. The summed E-state index contributed by atoms with van der Waals surface area (Å²) < 4.78 is 17.1. The van der Waals surface area contributed by atoms with Crippen molar-refractivity contribution in [3.63, 3.8) is 0 Å². The highest BCUT2D eigenvalue weighted by Crippen LogP contribution is 2.32. The number of rotatable bonds is 10. The summed E-state index contributed by atoms with van der Waals surface area (Å²) in [5.74, 6) is 1.96. The molecule has 7 heteroatoms. The highest BCUT2D eigenvalue weighted by molar-refractivity contribution is 6.35. The van der Waals surface area contributed by atoms with Crippen molar-refractivity contribution in [2.45, 2.75) is 13.2 Å². The van der Waals surface area contributed by atoms with Crippen molar-refractivity contribution >= 4 is 23.2 Å². The van der Waals surface area contributed by atoms with Crippen LogP contribution < -0.4 is 19.5 Å². The number of benzene rings is 2. The van der Waals surface area contributed by atoms with E-state index in [0.29, 0.717) is 53.7 Å². The van der Waals surface area contributed by atoms with Crippen LogP contribution in [0.25, 0.3) is 0 Å². The zero-order valence-electron chi connectivity index (χ0n) is 16.0. The molecule has 1 N–H and O–H groups in total. The van der Waals surface area contributed by atoms with E-state index in [9.17, 15) is 0 Å². The van der Waals surface area contributed by atoms with Gasteiger partial charge in [-0.1, -0.05) is 47.5 Å². The van der Waals surface area contributed by atoms with Gasteiger partial charge in [-0.15, -0.1) is 0 Å². The molecule has 0 saturated heterocycles. The summed E-state index contributed by atoms with van der Waals surface area (Å²) in [7, 11) is 1.62. The molecule has 0 radical (unpaired) electrons. The normalized spacial score (nSPS) is 10.6. The van der Waals surface area contributed by atoms with Gasteiger partial charge < -0.3 is 19.5 Å². The second-order valence-electron chi connectivity index (χ2n) is 6.17. The Morgan fingerprint density at radius 1 is 0.966 bits per heavy atom. The van der Waals surface area contributed by atoms with Gasteiger partial charge in [0.15, 0.2) is 11.5 Å². The number of nitrogens with one attached hydrogen (secondary N) is 1. The predicted molar refractivity (Wildman–Crippen MR) is 115 cm³/mol. The third-order valence-corrected chi connectivity index (χ3v) is 4.74. The summed E-state index contributed by atoms with van der Waals surface area (Å²) in [5, 5.41) is 4.51. The molecule has 0 aliphatic rings. The van der Waals surface area contributed by atoms with Crippen molar-refractivity contribution in [2.24, 2.45) is 0 Å². The van der Waals surface area contributed by atoms with Crippen LogP contribution in [0.5, 0.6) is 17.4 Å². The fourth-order valence-corrected chi connectivity index (χ4v) is 3.16. The lowest BCUT2D eigenvalue weighted by molar-refractivity contribution is 0.279. The topological polar surface area (TPSA) is 52.6 Å². The number of halogens is 2.